The number of halogens is 1. The Hall–Kier alpha value is -3.85. The van der Waals surface area contributed by atoms with Gasteiger partial charge in [0.25, 0.3) is 0 Å². The quantitative estimate of drug-likeness (QED) is 0.245. The first-order chi connectivity index (χ1) is 18.0. The van der Waals surface area contributed by atoms with Crippen LogP contribution in [0.2, 0.25) is 0 Å². The number of unbranched alkanes of at least 4 members (excludes halogenated alkanes) is 1. The van der Waals surface area contributed by atoms with Crippen LogP contribution in [0.25, 0.3) is 10.9 Å². The number of hydrogen-bond acceptors (Lipinski definition) is 7. The molecule has 8 nitrogen and oxygen atoms in total. The first-order valence-electron chi connectivity index (χ1n) is 12.2. The molecule has 1 amide bonds. The monoisotopic (exact) mass is 509 g/mol. The summed E-state index contributed by atoms with van der Waals surface area (Å²) in [5.41, 5.74) is 1.50. The van der Waals surface area contributed by atoms with Gasteiger partial charge in [0, 0.05) is 48.8 Å². The molecule has 196 valence electrons. The second kappa shape index (κ2) is 14.0. The molecule has 1 N–H and O–H groups in total. The number of fused-ring (bicyclic) bond motifs is 1. The van der Waals surface area contributed by atoms with Crippen molar-refractivity contribution in [1.82, 2.24) is 15.2 Å². The van der Waals surface area contributed by atoms with Crippen LogP contribution in [0, 0.1) is 5.82 Å². The fourth-order valence-electron chi connectivity index (χ4n) is 4.10. The van der Waals surface area contributed by atoms with E-state index in [0.29, 0.717) is 44.3 Å². The van der Waals surface area contributed by atoms with E-state index in [-0.39, 0.29) is 30.2 Å². The third-order valence-corrected chi connectivity index (χ3v) is 6.04. The van der Waals surface area contributed by atoms with Crippen LogP contribution in [0.3, 0.4) is 0 Å². The highest BCUT2D eigenvalue weighted by molar-refractivity contribution is 5.84. The number of carbonyl (C=O) groups is 3. The Bertz CT molecular complexity index is 1210. The van der Waals surface area contributed by atoms with Gasteiger partial charge in [0.2, 0.25) is 5.91 Å². The third kappa shape index (κ3) is 7.57. The smallest absolute Gasteiger partial charge is 0.237 e. The van der Waals surface area contributed by atoms with Crippen LogP contribution < -0.4 is 14.8 Å². The lowest BCUT2D eigenvalue weighted by atomic mass is 10.0. The number of rotatable bonds is 15. The maximum Gasteiger partial charge on any atom is 0.237 e. The van der Waals surface area contributed by atoms with E-state index in [1.807, 2.05) is 30.3 Å². The van der Waals surface area contributed by atoms with E-state index in [1.54, 1.807) is 18.1 Å². The summed E-state index contributed by atoms with van der Waals surface area (Å²) in [7, 11) is 3.24. The van der Waals surface area contributed by atoms with Crippen LogP contribution in [0.4, 0.5) is 4.39 Å². The highest BCUT2D eigenvalue weighted by atomic mass is 19.1. The Kier molecular flexibility index (Phi) is 10.5. The summed E-state index contributed by atoms with van der Waals surface area (Å²) in [6, 6.07) is 11.4. The number of pyridine rings is 1. The van der Waals surface area contributed by atoms with Crippen LogP contribution in [0.1, 0.15) is 41.6 Å². The molecule has 1 aromatic heterocycles. The second-order valence-corrected chi connectivity index (χ2v) is 8.61. The predicted molar refractivity (Wildman–Crippen MR) is 138 cm³/mol. The maximum atomic E-state index is 14.2. The molecule has 1 unspecified atom stereocenters. The minimum atomic E-state index is -0.589. The number of aldehydes is 2. The normalized spacial score (nSPS) is 11.8. The van der Waals surface area contributed by atoms with Crippen molar-refractivity contribution in [3.63, 3.8) is 0 Å². The van der Waals surface area contributed by atoms with Gasteiger partial charge in [0.1, 0.15) is 23.6 Å². The molecule has 37 heavy (non-hydrogen) atoms. The predicted octanol–water partition coefficient (Wildman–Crippen LogP) is 3.95. The first-order valence-corrected chi connectivity index (χ1v) is 12.2. The topological polar surface area (TPSA) is 97.8 Å². The van der Waals surface area contributed by atoms with Crippen molar-refractivity contribution < 1.29 is 28.2 Å². The van der Waals surface area contributed by atoms with Crippen LogP contribution in [0.15, 0.2) is 48.7 Å². The number of nitrogens with one attached hydrogen (secondary N) is 1. The standard InChI is InChI=1S/C28H32FN3O5/c1-30-28(35)25(10-7-13-33)32(2)18-23-20(19-34)16-21(29)17-27(23)37-15-6-5-14-36-26-11-12-31-24-9-4-3-8-22(24)26/h3-4,8-9,11-13,16-17,19,25H,5-7,10,14-15,18H2,1-2H3,(H,30,35). The fourth-order valence-corrected chi connectivity index (χ4v) is 4.10. The summed E-state index contributed by atoms with van der Waals surface area (Å²) in [6.07, 6.45) is 4.92. The average molecular weight is 510 g/mol. The molecule has 1 heterocycles. The van der Waals surface area contributed by atoms with E-state index in [9.17, 15) is 18.8 Å². The van der Waals surface area contributed by atoms with Crippen LogP contribution in [-0.2, 0) is 16.1 Å². The van der Waals surface area contributed by atoms with Gasteiger partial charge >= 0.3 is 0 Å². The summed E-state index contributed by atoms with van der Waals surface area (Å²) in [6.45, 7) is 0.933. The molecule has 9 heteroatoms. The Labute approximate surface area is 215 Å². The lowest BCUT2D eigenvalue weighted by Gasteiger charge is -2.27. The number of benzene rings is 2. The largest absolute Gasteiger partial charge is 0.493 e. The summed E-state index contributed by atoms with van der Waals surface area (Å²) in [5.74, 6) is 0.183. The molecule has 0 radical (unpaired) electrons. The van der Waals surface area contributed by atoms with Gasteiger partial charge in [-0.3, -0.25) is 19.5 Å². The Morgan fingerprint density at radius 3 is 2.54 bits per heavy atom. The number of aromatic nitrogens is 1. The van der Waals surface area contributed by atoms with E-state index in [4.69, 9.17) is 9.47 Å². The Morgan fingerprint density at radius 1 is 1.11 bits per heavy atom. The molecule has 0 aliphatic carbocycles. The first kappa shape index (κ1) is 27.7. The second-order valence-electron chi connectivity index (χ2n) is 8.61. The van der Waals surface area contributed by atoms with Crippen LogP contribution in [-0.4, -0.2) is 61.7 Å². The number of carbonyl (C=O) groups excluding carboxylic acids is 3. The van der Waals surface area contributed by atoms with Gasteiger partial charge in [-0.05, 0) is 50.6 Å². The molecule has 0 spiro atoms. The summed E-state index contributed by atoms with van der Waals surface area (Å²) in [4.78, 5) is 41.0. The summed E-state index contributed by atoms with van der Waals surface area (Å²) in [5, 5.41) is 3.54. The van der Waals surface area contributed by atoms with Crippen molar-refractivity contribution in [3.8, 4) is 11.5 Å². The highest BCUT2D eigenvalue weighted by Gasteiger charge is 2.24. The summed E-state index contributed by atoms with van der Waals surface area (Å²) < 4.78 is 26.0. The van der Waals surface area contributed by atoms with Crippen LogP contribution in [0.5, 0.6) is 11.5 Å². The number of para-hydroxylation sites is 1. The minimum absolute atomic E-state index is 0.154. The Morgan fingerprint density at radius 2 is 1.84 bits per heavy atom. The van der Waals surface area contributed by atoms with Gasteiger partial charge in [0.15, 0.2) is 6.29 Å². The minimum Gasteiger partial charge on any atom is -0.493 e. The van der Waals surface area contributed by atoms with E-state index < -0.39 is 11.9 Å². The van der Waals surface area contributed by atoms with Crippen molar-refractivity contribution in [3.05, 3.63) is 65.6 Å². The molecule has 3 aromatic rings. The molecule has 1 atom stereocenters. The lowest BCUT2D eigenvalue weighted by Crippen LogP contribution is -2.43. The molecular formula is C28H32FN3O5. The zero-order valence-corrected chi connectivity index (χ0v) is 21.1. The lowest BCUT2D eigenvalue weighted by molar-refractivity contribution is -0.126. The van der Waals surface area contributed by atoms with E-state index >= 15 is 0 Å². The molecule has 0 saturated carbocycles. The molecule has 0 saturated heterocycles. The molecule has 0 aliphatic rings. The molecule has 2 aromatic carbocycles. The number of nitrogens with zero attached hydrogens (tertiary/aromatic N) is 2. The fraction of sp³-hybridized carbons (Fsp3) is 0.357. The van der Waals surface area contributed by atoms with Gasteiger partial charge < -0.3 is 19.6 Å². The van der Waals surface area contributed by atoms with Gasteiger partial charge in [0.05, 0.1) is 24.8 Å². The van der Waals surface area contributed by atoms with Crippen molar-refractivity contribution in [2.24, 2.45) is 0 Å². The molecule has 3 rings (SSSR count). The van der Waals surface area contributed by atoms with Crippen molar-refractivity contribution in [1.29, 1.82) is 0 Å². The zero-order valence-electron chi connectivity index (χ0n) is 21.1. The molecule has 0 fully saturated rings. The number of amides is 1. The van der Waals surface area contributed by atoms with E-state index in [0.717, 1.165) is 29.0 Å². The SMILES string of the molecule is CNC(=O)C(CCC=O)N(C)Cc1c(C=O)cc(F)cc1OCCCCOc1ccnc2ccccc12. The molecule has 0 bridgehead atoms. The van der Waals surface area contributed by atoms with Crippen LogP contribution >= 0.6 is 0 Å². The van der Waals surface area contributed by atoms with Gasteiger partial charge in [-0.25, -0.2) is 4.39 Å². The van der Waals surface area contributed by atoms with E-state index in [1.165, 1.54) is 13.1 Å². The zero-order chi connectivity index (χ0) is 26.6. The average Bonchev–Trinajstić information content (AvgIpc) is 2.91. The van der Waals surface area contributed by atoms with Crippen molar-refractivity contribution in [2.75, 3.05) is 27.3 Å². The van der Waals surface area contributed by atoms with Crippen molar-refractivity contribution >= 4 is 29.4 Å². The number of ether oxygens (including phenoxy) is 2. The number of hydrogen-bond donors (Lipinski definition) is 1. The van der Waals surface area contributed by atoms with Crippen molar-refractivity contribution in [2.45, 2.75) is 38.3 Å². The highest BCUT2D eigenvalue weighted by Crippen LogP contribution is 2.27. The van der Waals surface area contributed by atoms with Gasteiger partial charge in [-0.2, -0.15) is 0 Å². The van der Waals surface area contributed by atoms with Gasteiger partial charge in [-0.1, -0.05) is 12.1 Å². The summed E-state index contributed by atoms with van der Waals surface area (Å²) >= 11 is 0. The number of likely N-dealkylation sites (N-methyl/N-ethyl adjacent to an activating group) is 2. The molecule has 0 aliphatic heterocycles. The van der Waals surface area contributed by atoms with E-state index in [2.05, 4.69) is 10.3 Å². The Balaban J connectivity index is 1.61. The third-order valence-electron chi connectivity index (χ3n) is 6.04. The van der Waals surface area contributed by atoms with Gasteiger partial charge in [-0.15, -0.1) is 0 Å². The molecular weight excluding hydrogens is 477 g/mol. The maximum absolute atomic E-state index is 14.2.